The number of rotatable bonds is 6. The molecule has 0 bridgehead atoms. The van der Waals surface area contributed by atoms with E-state index in [0.717, 1.165) is 17.9 Å². The third-order valence-electron chi connectivity index (χ3n) is 2.27. The maximum atomic E-state index is 11.7. The molecule has 0 saturated carbocycles. The molecule has 5 heteroatoms. The first-order chi connectivity index (χ1) is 8.04. The van der Waals surface area contributed by atoms with Gasteiger partial charge in [-0.3, -0.25) is 4.79 Å². The lowest BCUT2D eigenvalue weighted by Gasteiger charge is -2.08. The van der Waals surface area contributed by atoms with Crippen LogP contribution in [0.5, 0.6) is 0 Å². The number of aromatic amines is 1. The number of nitrogens with one attached hydrogen (secondary N) is 1. The lowest BCUT2D eigenvalue weighted by molar-refractivity contribution is 0.149. The molecule has 0 amide bonds. The van der Waals surface area contributed by atoms with Crippen LogP contribution in [0.15, 0.2) is 4.79 Å². The van der Waals surface area contributed by atoms with Crippen molar-refractivity contribution in [3.8, 4) is 0 Å². The maximum absolute atomic E-state index is 11.7. The zero-order valence-electron chi connectivity index (χ0n) is 10.5. The maximum Gasteiger partial charge on any atom is 0.264 e. The largest absolute Gasteiger partial charge is 0.381 e. The molecule has 1 N–H and O–H groups in total. The van der Waals surface area contributed by atoms with Crippen molar-refractivity contribution < 1.29 is 4.74 Å². The number of halogens is 1. The van der Waals surface area contributed by atoms with Crippen molar-refractivity contribution in [3.05, 3.63) is 25.4 Å². The third kappa shape index (κ3) is 4.75. The van der Waals surface area contributed by atoms with Gasteiger partial charge in [0.2, 0.25) is 0 Å². The summed E-state index contributed by atoms with van der Waals surface area (Å²) in [5.41, 5.74) is 0.860. The van der Waals surface area contributed by atoms with Crippen molar-refractivity contribution in [2.45, 2.75) is 33.6 Å². The summed E-state index contributed by atoms with van der Waals surface area (Å²) in [6.45, 7) is 7.49. The molecule has 0 aliphatic heterocycles. The second-order valence-electron chi connectivity index (χ2n) is 4.32. The standard InChI is InChI=1S/C12H19IN2O2/c1-4-17-6-5-10-14-9(7-8(2)3)11(13)12(16)15-10/h8H,4-7H2,1-3H3,(H,14,15,16). The average molecular weight is 350 g/mol. The number of H-pyrrole nitrogens is 1. The third-order valence-corrected chi connectivity index (χ3v) is 3.38. The van der Waals surface area contributed by atoms with Gasteiger partial charge in [-0.2, -0.15) is 0 Å². The molecule has 1 heterocycles. The van der Waals surface area contributed by atoms with E-state index < -0.39 is 0 Å². The van der Waals surface area contributed by atoms with Crippen LogP contribution in [0.25, 0.3) is 0 Å². The van der Waals surface area contributed by atoms with Gasteiger partial charge in [-0.1, -0.05) is 13.8 Å². The molecule has 0 aliphatic carbocycles. The van der Waals surface area contributed by atoms with Crippen LogP contribution in [0.1, 0.15) is 32.3 Å². The predicted molar refractivity (Wildman–Crippen MR) is 76.3 cm³/mol. The van der Waals surface area contributed by atoms with Gasteiger partial charge in [0.1, 0.15) is 5.82 Å². The number of hydrogen-bond donors (Lipinski definition) is 1. The number of ether oxygens (including phenoxy) is 1. The highest BCUT2D eigenvalue weighted by Crippen LogP contribution is 2.10. The minimum Gasteiger partial charge on any atom is -0.381 e. The summed E-state index contributed by atoms with van der Waals surface area (Å²) in [6.07, 6.45) is 1.49. The zero-order valence-corrected chi connectivity index (χ0v) is 12.7. The highest BCUT2D eigenvalue weighted by Gasteiger charge is 2.10. The summed E-state index contributed by atoms with van der Waals surface area (Å²) in [5.74, 6) is 1.22. The molecule has 1 aromatic heterocycles. The first-order valence-corrected chi connectivity index (χ1v) is 6.97. The molecule has 0 radical (unpaired) electrons. The Morgan fingerprint density at radius 2 is 2.18 bits per heavy atom. The van der Waals surface area contributed by atoms with E-state index in [-0.39, 0.29) is 5.56 Å². The Balaban J connectivity index is 2.86. The molecule has 17 heavy (non-hydrogen) atoms. The fourth-order valence-corrected chi connectivity index (χ4v) is 1.99. The molecule has 96 valence electrons. The first-order valence-electron chi connectivity index (χ1n) is 5.89. The van der Waals surface area contributed by atoms with Gasteiger partial charge >= 0.3 is 0 Å². The molecular weight excluding hydrogens is 331 g/mol. The highest BCUT2D eigenvalue weighted by atomic mass is 127. The van der Waals surface area contributed by atoms with E-state index in [9.17, 15) is 4.79 Å². The molecule has 0 spiro atoms. The summed E-state index contributed by atoms with van der Waals surface area (Å²) in [7, 11) is 0. The van der Waals surface area contributed by atoms with Crippen molar-refractivity contribution in [3.63, 3.8) is 0 Å². The summed E-state index contributed by atoms with van der Waals surface area (Å²) in [4.78, 5) is 19.0. The molecule has 0 aromatic carbocycles. The Kier molecular flexibility index (Phi) is 6.11. The Hall–Kier alpha value is -0.430. The topological polar surface area (TPSA) is 55.0 Å². The van der Waals surface area contributed by atoms with Crippen molar-refractivity contribution in [1.29, 1.82) is 0 Å². The number of hydrogen-bond acceptors (Lipinski definition) is 3. The van der Waals surface area contributed by atoms with E-state index in [0.29, 0.717) is 29.1 Å². The van der Waals surface area contributed by atoms with Crippen LogP contribution >= 0.6 is 22.6 Å². The predicted octanol–water partition coefficient (Wildman–Crippen LogP) is 2.15. The van der Waals surface area contributed by atoms with Crippen LogP contribution in [-0.2, 0) is 17.6 Å². The first kappa shape index (κ1) is 14.6. The molecule has 0 fully saturated rings. The normalized spacial score (nSPS) is 11.1. The van der Waals surface area contributed by atoms with Gasteiger partial charge < -0.3 is 9.72 Å². The van der Waals surface area contributed by atoms with E-state index in [4.69, 9.17) is 4.74 Å². The van der Waals surface area contributed by atoms with Crippen molar-refractivity contribution >= 4 is 22.6 Å². The Bertz CT molecular complexity index is 415. The SMILES string of the molecule is CCOCCc1nc(CC(C)C)c(I)c(=O)[nH]1. The lowest BCUT2D eigenvalue weighted by atomic mass is 10.1. The van der Waals surface area contributed by atoms with Crippen LogP contribution in [0.4, 0.5) is 0 Å². The highest BCUT2D eigenvalue weighted by molar-refractivity contribution is 14.1. The Labute approximate surface area is 115 Å². The van der Waals surface area contributed by atoms with Crippen LogP contribution < -0.4 is 5.56 Å². The minimum absolute atomic E-state index is 0.0391. The second-order valence-corrected chi connectivity index (χ2v) is 5.40. The van der Waals surface area contributed by atoms with E-state index in [1.807, 2.05) is 6.92 Å². The zero-order chi connectivity index (χ0) is 12.8. The minimum atomic E-state index is -0.0391. The number of nitrogens with zero attached hydrogens (tertiary/aromatic N) is 1. The molecule has 1 rings (SSSR count). The summed E-state index contributed by atoms with van der Waals surface area (Å²) >= 11 is 2.06. The monoisotopic (exact) mass is 350 g/mol. The smallest absolute Gasteiger partial charge is 0.264 e. The van der Waals surface area contributed by atoms with Gasteiger partial charge in [-0.05, 0) is 41.9 Å². The molecule has 0 atom stereocenters. The van der Waals surface area contributed by atoms with Gasteiger partial charge in [0, 0.05) is 13.0 Å². The van der Waals surface area contributed by atoms with Crippen LogP contribution in [-0.4, -0.2) is 23.2 Å². The van der Waals surface area contributed by atoms with Crippen molar-refractivity contribution in [2.24, 2.45) is 5.92 Å². The summed E-state index contributed by atoms with van der Waals surface area (Å²) < 4.78 is 5.97. The van der Waals surface area contributed by atoms with Crippen molar-refractivity contribution in [1.82, 2.24) is 9.97 Å². The second kappa shape index (κ2) is 7.10. The molecule has 4 nitrogen and oxygen atoms in total. The van der Waals surface area contributed by atoms with Crippen LogP contribution in [0.2, 0.25) is 0 Å². The Morgan fingerprint density at radius 1 is 1.47 bits per heavy atom. The fourth-order valence-electron chi connectivity index (χ4n) is 1.51. The molecule has 0 unspecified atom stereocenters. The van der Waals surface area contributed by atoms with Crippen LogP contribution in [0, 0.1) is 9.49 Å². The van der Waals surface area contributed by atoms with E-state index in [1.165, 1.54) is 0 Å². The van der Waals surface area contributed by atoms with E-state index in [1.54, 1.807) is 0 Å². The summed E-state index contributed by atoms with van der Waals surface area (Å²) in [6, 6.07) is 0. The van der Waals surface area contributed by atoms with Gasteiger partial charge in [0.05, 0.1) is 15.9 Å². The summed E-state index contributed by atoms with van der Waals surface area (Å²) in [5, 5.41) is 0. The van der Waals surface area contributed by atoms with Gasteiger partial charge in [-0.15, -0.1) is 0 Å². The number of aromatic nitrogens is 2. The van der Waals surface area contributed by atoms with Crippen molar-refractivity contribution in [2.75, 3.05) is 13.2 Å². The average Bonchev–Trinajstić information content (AvgIpc) is 2.25. The van der Waals surface area contributed by atoms with Gasteiger partial charge in [0.15, 0.2) is 0 Å². The molecular formula is C12H19IN2O2. The molecule has 0 saturated heterocycles. The van der Waals surface area contributed by atoms with E-state index in [2.05, 4.69) is 46.4 Å². The van der Waals surface area contributed by atoms with Gasteiger partial charge in [-0.25, -0.2) is 4.98 Å². The lowest BCUT2D eigenvalue weighted by Crippen LogP contribution is -2.20. The molecule has 0 aliphatic rings. The quantitative estimate of drug-likeness (QED) is 0.632. The molecule has 1 aromatic rings. The van der Waals surface area contributed by atoms with E-state index >= 15 is 0 Å². The van der Waals surface area contributed by atoms with Crippen LogP contribution in [0.3, 0.4) is 0 Å². The Morgan fingerprint density at radius 3 is 2.76 bits per heavy atom. The fraction of sp³-hybridized carbons (Fsp3) is 0.667. The van der Waals surface area contributed by atoms with Gasteiger partial charge in [0.25, 0.3) is 5.56 Å².